The van der Waals surface area contributed by atoms with Crippen LogP contribution in [0.1, 0.15) is 16.7 Å². The molecule has 32 heavy (non-hydrogen) atoms. The molecule has 0 spiro atoms. The van der Waals surface area contributed by atoms with E-state index in [1.54, 1.807) is 36.4 Å². The van der Waals surface area contributed by atoms with Crippen molar-refractivity contribution in [3.63, 3.8) is 0 Å². The van der Waals surface area contributed by atoms with Gasteiger partial charge in [-0.25, -0.2) is 4.39 Å². The summed E-state index contributed by atoms with van der Waals surface area (Å²) in [6.07, 6.45) is 1.65. The largest absolute Gasteiger partial charge is 0.489 e. The Morgan fingerprint density at radius 3 is 2.41 bits per heavy atom. The van der Waals surface area contributed by atoms with Gasteiger partial charge in [0.1, 0.15) is 18.2 Å². The standard InChI is InChI=1S/C24H16Cl2FNO3S/c25-20-4-2-1-3-17(20)14-31-19-9-5-15(6-10-19)11-22-23(29)28(24(30)32-22)13-16-7-8-18(27)12-21(16)26/h1-12H,13-14H2/b22-11+. The van der Waals surface area contributed by atoms with Gasteiger partial charge in [0.25, 0.3) is 11.1 Å². The average Bonchev–Trinajstić information content (AvgIpc) is 3.03. The molecule has 0 aromatic heterocycles. The Balaban J connectivity index is 1.42. The summed E-state index contributed by atoms with van der Waals surface area (Å²) < 4.78 is 19.0. The van der Waals surface area contributed by atoms with E-state index in [1.165, 1.54) is 12.1 Å². The monoisotopic (exact) mass is 487 g/mol. The first-order valence-corrected chi connectivity index (χ1v) is 11.1. The third-order valence-corrected chi connectivity index (χ3v) is 6.38. The maximum Gasteiger partial charge on any atom is 0.293 e. The lowest BCUT2D eigenvalue weighted by Crippen LogP contribution is -2.27. The minimum atomic E-state index is -0.480. The molecule has 1 aliphatic rings. The Labute approximate surface area is 198 Å². The predicted octanol–water partition coefficient (Wildman–Crippen LogP) is 6.95. The second-order valence-electron chi connectivity index (χ2n) is 6.95. The normalized spacial score (nSPS) is 15.0. The molecule has 4 nitrogen and oxygen atoms in total. The number of hydrogen-bond donors (Lipinski definition) is 0. The summed E-state index contributed by atoms with van der Waals surface area (Å²) in [5.41, 5.74) is 2.13. The van der Waals surface area contributed by atoms with Crippen LogP contribution in [-0.4, -0.2) is 16.0 Å². The fourth-order valence-electron chi connectivity index (χ4n) is 3.04. The predicted molar refractivity (Wildman–Crippen MR) is 125 cm³/mol. The zero-order chi connectivity index (χ0) is 22.7. The minimum absolute atomic E-state index is 0.0179. The maximum absolute atomic E-state index is 13.2. The Morgan fingerprint density at radius 1 is 0.938 bits per heavy atom. The van der Waals surface area contributed by atoms with Crippen molar-refractivity contribution in [1.29, 1.82) is 0 Å². The summed E-state index contributed by atoms with van der Waals surface area (Å²) >= 11 is 13.0. The van der Waals surface area contributed by atoms with E-state index >= 15 is 0 Å². The third-order valence-electron chi connectivity index (χ3n) is 4.75. The number of hydrogen-bond acceptors (Lipinski definition) is 4. The molecule has 4 rings (SSSR count). The number of carbonyl (C=O) groups is 2. The molecule has 8 heteroatoms. The second kappa shape index (κ2) is 9.77. The van der Waals surface area contributed by atoms with E-state index < -0.39 is 17.0 Å². The van der Waals surface area contributed by atoms with Crippen LogP contribution in [0.25, 0.3) is 6.08 Å². The number of thioether (sulfide) groups is 1. The number of imide groups is 1. The maximum atomic E-state index is 13.2. The van der Waals surface area contributed by atoms with Gasteiger partial charge < -0.3 is 4.74 Å². The number of rotatable bonds is 6. The van der Waals surface area contributed by atoms with Crippen LogP contribution in [0.15, 0.2) is 71.6 Å². The Kier molecular flexibility index (Phi) is 6.84. The summed E-state index contributed by atoms with van der Waals surface area (Å²) in [6.45, 7) is 0.319. The van der Waals surface area contributed by atoms with Gasteiger partial charge in [0.05, 0.1) is 11.4 Å². The molecular weight excluding hydrogens is 472 g/mol. The van der Waals surface area contributed by atoms with Crippen LogP contribution in [0.3, 0.4) is 0 Å². The molecule has 3 aromatic rings. The molecule has 0 atom stereocenters. The van der Waals surface area contributed by atoms with Crippen molar-refractivity contribution in [3.8, 4) is 5.75 Å². The first-order chi connectivity index (χ1) is 15.4. The summed E-state index contributed by atoms with van der Waals surface area (Å²) in [7, 11) is 0. The molecule has 1 fully saturated rings. The summed E-state index contributed by atoms with van der Waals surface area (Å²) in [4.78, 5) is 26.5. The van der Waals surface area contributed by atoms with Gasteiger partial charge in [-0.1, -0.05) is 59.6 Å². The molecular formula is C24H16Cl2FNO3S. The van der Waals surface area contributed by atoms with Crippen molar-refractivity contribution >= 4 is 52.2 Å². The van der Waals surface area contributed by atoms with Crippen molar-refractivity contribution < 1.29 is 18.7 Å². The first kappa shape index (κ1) is 22.4. The highest BCUT2D eigenvalue weighted by molar-refractivity contribution is 8.18. The zero-order valence-electron chi connectivity index (χ0n) is 16.6. The molecule has 0 bridgehead atoms. The molecule has 0 unspecified atom stereocenters. The SMILES string of the molecule is O=C1S/C(=C/c2ccc(OCc3ccccc3Cl)cc2)C(=O)N1Cc1ccc(F)cc1Cl. The highest BCUT2D eigenvalue weighted by atomic mass is 35.5. The van der Waals surface area contributed by atoms with E-state index in [9.17, 15) is 14.0 Å². The lowest BCUT2D eigenvalue weighted by Gasteiger charge is -2.13. The van der Waals surface area contributed by atoms with Crippen molar-refractivity contribution in [1.82, 2.24) is 4.90 Å². The highest BCUT2D eigenvalue weighted by Gasteiger charge is 2.35. The molecule has 3 aromatic carbocycles. The lowest BCUT2D eigenvalue weighted by molar-refractivity contribution is -0.123. The lowest BCUT2D eigenvalue weighted by atomic mass is 10.2. The smallest absolute Gasteiger partial charge is 0.293 e. The van der Waals surface area contributed by atoms with Crippen molar-refractivity contribution in [3.05, 3.63) is 104 Å². The van der Waals surface area contributed by atoms with E-state index in [0.717, 1.165) is 33.9 Å². The van der Waals surface area contributed by atoms with Crippen LogP contribution in [0.4, 0.5) is 9.18 Å². The van der Waals surface area contributed by atoms with E-state index in [2.05, 4.69) is 0 Å². The number of benzene rings is 3. The van der Waals surface area contributed by atoms with Gasteiger partial charge in [-0.05, 0) is 59.3 Å². The van der Waals surface area contributed by atoms with E-state index in [0.29, 0.717) is 27.8 Å². The molecule has 1 saturated heterocycles. The van der Waals surface area contributed by atoms with E-state index in [-0.39, 0.29) is 11.6 Å². The van der Waals surface area contributed by atoms with Crippen LogP contribution in [0.5, 0.6) is 5.75 Å². The first-order valence-electron chi connectivity index (χ1n) is 9.56. The quantitative estimate of drug-likeness (QED) is 0.353. The van der Waals surface area contributed by atoms with Gasteiger partial charge in [-0.15, -0.1) is 0 Å². The number of amides is 2. The van der Waals surface area contributed by atoms with Crippen LogP contribution in [0.2, 0.25) is 10.0 Å². The molecule has 0 saturated carbocycles. The van der Waals surface area contributed by atoms with Crippen molar-refractivity contribution in [2.24, 2.45) is 0 Å². The molecule has 162 valence electrons. The van der Waals surface area contributed by atoms with E-state index in [1.807, 2.05) is 18.2 Å². The summed E-state index contributed by atoms with van der Waals surface area (Å²) in [6, 6.07) is 18.5. The zero-order valence-corrected chi connectivity index (χ0v) is 18.9. The van der Waals surface area contributed by atoms with Gasteiger partial charge >= 0.3 is 0 Å². The topological polar surface area (TPSA) is 46.6 Å². The molecule has 1 heterocycles. The fourth-order valence-corrected chi connectivity index (χ4v) is 4.30. The average molecular weight is 488 g/mol. The summed E-state index contributed by atoms with van der Waals surface area (Å²) in [5, 5.41) is 0.406. The van der Waals surface area contributed by atoms with Gasteiger partial charge in [0.15, 0.2) is 0 Å². The molecule has 0 N–H and O–H groups in total. The second-order valence-corrected chi connectivity index (χ2v) is 8.76. The minimum Gasteiger partial charge on any atom is -0.489 e. The summed E-state index contributed by atoms with van der Waals surface area (Å²) in [5.74, 6) is -0.243. The Hall–Kier alpha value is -2.80. The fraction of sp³-hybridized carbons (Fsp3) is 0.0833. The molecule has 0 radical (unpaired) electrons. The van der Waals surface area contributed by atoms with Gasteiger partial charge in [0, 0.05) is 15.6 Å². The highest BCUT2D eigenvalue weighted by Crippen LogP contribution is 2.34. The van der Waals surface area contributed by atoms with Gasteiger partial charge in [0.2, 0.25) is 0 Å². The van der Waals surface area contributed by atoms with Crippen LogP contribution in [-0.2, 0) is 17.9 Å². The number of carbonyl (C=O) groups excluding carboxylic acids is 2. The molecule has 0 aliphatic carbocycles. The van der Waals surface area contributed by atoms with Crippen LogP contribution >= 0.6 is 35.0 Å². The third kappa shape index (κ3) is 5.15. The van der Waals surface area contributed by atoms with Crippen molar-refractivity contribution in [2.45, 2.75) is 13.2 Å². The molecule has 2 amide bonds. The van der Waals surface area contributed by atoms with Gasteiger partial charge in [-0.3, -0.25) is 14.5 Å². The number of nitrogens with zero attached hydrogens (tertiary/aromatic N) is 1. The van der Waals surface area contributed by atoms with Crippen LogP contribution in [0, 0.1) is 5.82 Å². The van der Waals surface area contributed by atoms with Crippen LogP contribution < -0.4 is 4.74 Å². The van der Waals surface area contributed by atoms with E-state index in [4.69, 9.17) is 27.9 Å². The number of halogens is 3. The number of ether oxygens (including phenoxy) is 1. The molecule has 1 aliphatic heterocycles. The Bertz CT molecular complexity index is 1210. The van der Waals surface area contributed by atoms with Gasteiger partial charge in [-0.2, -0.15) is 0 Å². The van der Waals surface area contributed by atoms with Crippen molar-refractivity contribution in [2.75, 3.05) is 0 Å². The Morgan fingerprint density at radius 2 is 1.69 bits per heavy atom.